The predicted molar refractivity (Wildman–Crippen MR) is 196 cm³/mol. The van der Waals surface area contributed by atoms with Crippen LogP contribution in [0.1, 0.15) is 74.7 Å². The molecule has 0 amide bonds. The van der Waals surface area contributed by atoms with E-state index in [0.29, 0.717) is 6.42 Å². The van der Waals surface area contributed by atoms with Crippen molar-refractivity contribution in [2.24, 2.45) is 11.8 Å². The first kappa shape index (κ1) is 42.2. The van der Waals surface area contributed by atoms with E-state index in [1.54, 1.807) is 37.4 Å². The number of methoxy groups -OCH3 is 2. The molecule has 0 aromatic heterocycles. The van der Waals surface area contributed by atoms with Gasteiger partial charge in [0.15, 0.2) is 32.3 Å². The van der Waals surface area contributed by atoms with E-state index in [0.717, 1.165) is 0 Å². The maximum Gasteiger partial charge on any atom is 0.308 e. The molecule has 1 aromatic carbocycles. The van der Waals surface area contributed by atoms with Crippen LogP contribution in [0.5, 0.6) is 0 Å². The Morgan fingerprint density at radius 1 is 0.939 bits per heavy atom. The first-order chi connectivity index (χ1) is 22.3. The molecule has 2 saturated heterocycles. The van der Waals surface area contributed by atoms with Crippen LogP contribution in [0.4, 0.5) is 0 Å². The van der Waals surface area contributed by atoms with Crippen molar-refractivity contribution >= 4 is 32.4 Å². The predicted octanol–water partition coefficient (Wildman–Crippen LogP) is 6.73. The summed E-state index contributed by atoms with van der Waals surface area (Å²) >= 11 is 0. The lowest BCUT2D eigenvalue weighted by atomic mass is 9.78. The molecule has 2 aliphatic rings. The van der Waals surface area contributed by atoms with Crippen molar-refractivity contribution in [3.8, 4) is 0 Å². The topological polar surface area (TPSA) is 130 Å². The highest BCUT2D eigenvalue weighted by atomic mass is 32.2. The summed E-state index contributed by atoms with van der Waals surface area (Å²) in [4.78, 5) is 12.7. The highest BCUT2D eigenvalue weighted by molar-refractivity contribution is 7.91. The summed E-state index contributed by atoms with van der Waals surface area (Å²) in [6.07, 6.45) is -2.68. The van der Waals surface area contributed by atoms with Crippen molar-refractivity contribution in [1.82, 2.24) is 0 Å². The number of carbonyl (C=O) groups excluding carboxylic acids is 1. The second-order valence-electron chi connectivity index (χ2n) is 17.1. The lowest BCUT2D eigenvalue weighted by Gasteiger charge is -2.52. The molecule has 13 heteroatoms. The van der Waals surface area contributed by atoms with Crippen LogP contribution in [0.25, 0.3) is 0 Å². The zero-order valence-electron chi connectivity index (χ0n) is 32.4. The average Bonchev–Trinajstić information content (AvgIpc) is 3.78. The van der Waals surface area contributed by atoms with Gasteiger partial charge in [-0.1, -0.05) is 73.6 Å². The molecule has 9 atom stereocenters. The minimum atomic E-state index is -3.56. The fraction of sp³-hybridized carbons (Fsp3) is 0.806. The largest absolute Gasteiger partial charge is 0.469 e. The number of epoxide rings is 1. The second-order valence-corrected chi connectivity index (χ2v) is 28.7. The van der Waals surface area contributed by atoms with E-state index in [1.807, 2.05) is 13.8 Å². The van der Waals surface area contributed by atoms with E-state index >= 15 is 0 Å². The fourth-order valence-corrected chi connectivity index (χ4v) is 10.3. The smallest absolute Gasteiger partial charge is 0.308 e. The molecule has 10 nitrogen and oxygen atoms in total. The molecule has 2 heterocycles. The van der Waals surface area contributed by atoms with Crippen LogP contribution >= 0.6 is 0 Å². The summed E-state index contributed by atoms with van der Waals surface area (Å²) in [5, 5.41) is 12.1. The molecule has 0 spiro atoms. The van der Waals surface area contributed by atoms with Crippen LogP contribution in [0.3, 0.4) is 0 Å². The highest BCUT2D eigenvalue weighted by Gasteiger charge is 2.64. The van der Waals surface area contributed by atoms with Crippen LogP contribution in [0, 0.1) is 11.8 Å². The standard InChI is InChI=1S/C36H64O10SSi2/c1-24-28(23-31(37)42-10)44-36(38,25(2)32(24)46-49(13,14)35(6,7)8)33-30(43-33)22-29(41-9)27(45-48(11,12)34(3,4)5)20-21-47(39,40)26-18-16-15-17-19-26/h15-19,24-25,27-30,32-33,38H,20-23H2,1-14H3/t24-,25+,27-,28+,29-,30-,32-,33-,36+/m0/s1. The van der Waals surface area contributed by atoms with Gasteiger partial charge in [0.1, 0.15) is 6.10 Å². The van der Waals surface area contributed by atoms with Gasteiger partial charge in [0.05, 0.1) is 54.7 Å². The first-order valence-corrected chi connectivity index (χ1v) is 25.1. The quantitative estimate of drug-likeness (QED) is 0.117. The van der Waals surface area contributed by atoms with E-state index in [9.17, 15) is 18.3 Å². The third-order valence-corrected chi connectivity index (χ3v) is 22.4. The number of hydrogen-bond donors (Lipinski definition) is 1. The van der Waals surface area contributed by atoms with Gasteiger partial charge in [0, 0.05) is 25.4 Å². The van der Waals surface area contributed by atoms with E-state index in [4.69, 9.17) is 27.8 Å². The molecule has 0 aliphatic carbocycles. The minimum Gasteiger partial charge on any atom is -0.469 e. The molecule has 1 N–H and O–H groups in total. The number of sulfone groups is 1. The summed E-state index contributed by atoms with van der Waals surface area (Å²) < 4.78 is 64.1. The molecule has 2 fully saturated rings. The summed E-state index contributed by atoms with van der Waals surface area (Å²) in [5.41, 5.74) is 0. The molecule has 0 unspecified atom stereocenters. The summed E-state index contributed by atoms with van der Waals surface area (Å²) in [6, 6.07) is 8.45. The van der Waals surface area contributed by atoms with Crippen molar-refractivity contribution in [2.45, 2.75) is 158 Å². The molecular weight excluding hydrogens is 681 g/mol. The number of aliphatic hydroxyl groups is 1. The third kappa shape index (κ3) is 9.84. The van der Waals surface area contributed by atoms with Gasteiger partial charge in [-0.3, -0.25) is 4.79 Å². The molecule has 0 radical (unpaired) electrons. The SMILES string of the molecule is COC(=O)C[C@H]1O[C@@](O)([C@H]2O[C@H]2C[C@H](OC)[C@H](CCS(=O)(=O)c2ccccc2)O[Si](C)(C)C(C)(C)C)[C@H](C)[C@@H](O[Si](C)(C)C(C)(C)C)[C@H]1C. The van der Waals surface area contributed by atoms with Crippen molar-refractivity contribution in [3.05, 3.63) is 30.3 Å². The van der Waals surface area contributed by atoms with Gasteiger partial charge in [0.2, 0.25) is 0 Å². The molecule has 2 aliphatic heterocycles. The molecular formula is C36H64O10SSi2. The van der Waals surface area contributed by atoms with Gasteiger partial charge >= 0.3 is 5.97 Å². The zero-order chi connectivity index (χ0) is 37.4. The molecule has 0 saturated carbocycles. The van der Waals surface area contributed by atoms with Crippen LogP contribution < -0.4 is 0 Å². The normalized spacial score (nSPS) is 29.7. The summed E-state index contributed by atoms with van der Waals surface area (Å²) in [6.45, 7) is 25.5. The van der Waals surface area contributed by atoms with E-state index in [1.165, 1.54) is 7.11 Å². The second kappa shape index (κ2) is 15.4. The van der Waals surface area contributed by atoms with Crippen molar-refractivity contribution in [3.63, 3.8) is 0 Å². The zero-order valence-corrected chi connectivity index (χ0v) is 35.2. The molecule has 49 heavy (non-hydrogen) atoms. The van der Waals surface area contributed by atoms with E-state index < -0.39 is 80.8 Å². The lowest BCUT2D eigenvalue weighted by molar-refractivity contribution is -0.322. The number of rotatable bonds is 15. The Bertz CT molecular complexity index is 1360. The average molecular weight is 745 g/mol. The minimum absolute atomic E-state index is 0.0273. The van der Waals surface area contributed by atoms with Gasteiger partial charge in [0.25, 0.3) is 0 Å². The maximum absolute atomic E-state index is 13.3. The van der Waals surface area contributed by atoms with E-state index in [2.05, 4.69) is 67.7 Å². The van der Waals surface area contributed by atoms with Crippen molar-refractivity contribution in [2.75, 3.05) is 20.0 Å². The number of benzene rings is 1. The van der Waals surface area contributed by atoms with Gasteiger partial charge < -0.3 is 32.9 Å². The van der Waals surface area contributed by atoms with Gasteiger partial charge in [-0.25, -0.2) is 8.42 Å². The van der Waals surface area contributed by atoms with Crippen LogP contribution in [-0.4, -0.2) is 98.5 Å². The van der Waals surface area contributed by atoms with Crippen molar-refractivity contribution < 1.29 is 46.1 Å². The monoisotopic (exact) mass is 744 g/mol. The Kier molecular flexibility index (Phi) is 13.3. The molecule has 3 rings (SSSR count). The Labute approximate surface area is 298 Å². The summed E-state index contributed by atoms with van der Waals surface area (Å²) in [5.74, 6) is -2.94. The molecule has 282 valence electrons. The van der Waals surface area contributed by atoms with Crippen LogP contribution in [-0.2, 0) is 42.4 Å². The van der Waals surface area contributed by atoms with Crippen molar-refractivity contribution in [1.29, 1.82) is 0 Å². The van der Waals surface area contributed by atoms with Gasteiger partial charge in [-0.2, -0.15) is 0 Å². The number of hydrogen-bond acceptors (Lipinski definition) is 10. The number of carbonyl (C=O) groups is 1. The van der Waals surface area contributed by atoms with Crippen LogP contribution in [0.2, 0.25) is 36.3 Å². The Morgan fingerprint density at radius 2 is 1.51 bits per heavy atom. The Hall–Kier alpha value is -1.17. The maximum atomic E-state index is 13.3. The highest BCUT2D eigenvalue weighted by Crippen LogP contribution is 2.50. The summed E-state index contributed by atoms with van der Waals surface area (Å²) in [7, 11) is -5.27. The Morgan fingerprint density at radius 3 is 2.02 bits per heavy atom. The first-order valence-electron chi connectivity index (χ1n) is 17.6. The number of ether oxygens (including phenoxy) is 4. The molecule has 1 aromatic rings. The lowest BCUT2D eigenvalue weighted by Crippen LogP contribution is -2.63. The van der Waals surface area contributed by atoms with E-state index in [-0.39, 0.29) is 39.5 Å². The fourth-order valence-electron chi connectivity index (χ4n) is 6.09. The van der Waals surface area contributed by atoms with Gasteiger partial charge in [-0.05, 0) is 54.8 Å². The van der Waals surface area contributed by atoms with Crippen LogP contribution in [0.15, 0.2) is 35.2 Å². The third-order valence-electron chi connectivity index (χ3n) is 11.6. The molecule has 0 bridgehead atoms. The van der Waals surface area contributed by atoms with Gasteiger partial charge in [-0.15, -0.1) is 0 Å². The number of esters is 1. The Balaban J connectivity index is 1.89.